The molecule has 1 aliphatic rings. The molecular formula is C21H25FN2O2. The molecule has 1 heterocycles. The van der Waals surface area contributed by atoms with Crippen molar-refractivity contribution < 1.29 is 13.9 Å². The zero-order chi connectivity index (χ0) is 18.4. The van der Waals surface area contributed by atoms with Crippen LogP contribution in [-0.2, 0) is 22.5 Å². The van der Waals surface area contributed by atoms with E-state index in [0.29, 0.717) is 19.4 Å². The number of ether oxygens (including phenoxy) is 1. The molecule has 0 bridgehead atoms. The van der Waals surface area contributed by atoms with E-state index in [9.17, 15) is 9.18 Å². The van der Waals surface area contributed by atoms with E-state index < -0.39 is 0 Å². The summed E-state index contributed by atoms with van der Waals surface area (Å²) in [5.41, 5.74) is 3.14. The molecule has 3 rings (SSSR count). The van der Waals surface area contributed by atoms with E-state index >= 15 is 0 Å². The second kappa shape index (κ2) is 8.81. The lowest BCUT2D eigenvalue weighted by molar-refractivity contribution is -0.130. The highest BCUT2D eigenvalue weighted by molar-refractivity contribution is 5.76. The molecule has 1 aliphatic heterocycles. The number of anilines is 1. The molecule has 138 valence electrons. The van der Waals surface area contributed by atoms with Crippen LogP contribution in [0.3, 0.4) is 0 Å². The van der Waals surface area contributed by atoms with E-state index in [-0.39, 0.29) is 11.7 Å². The van der Waals surface area contributed by atoms with Crippen LogP contribution < -0.4 is 4.90 Å². The van der Waals surface area contributed by atoms with Gasteiger partial charge in [-0.15, -0.1) is 0 Å². The van der Waals surface area contributed by atoms with Gasteiger partial charge in [0.05, 0.1) is 13.2 Å². The predicted molar refractivity (Wildman–Crippen MR) is 101 cm³/mol. The molecule has 0 spiro atoms. The van der Waals surface area contributed by atoms with Gasteiger partial charge in [0.2, 0.25) is 5.91 Å². The lowest BCUT2D eigenvalue weighted by atomic mass is 10.1. The average molecular weight is 356 g/mol. The van der Waals surface area contributed by atoms with Crippen LogP contribution in [0, 0.1) is 5.82 Å². The van der Waals surface area contributed by atoms with Crippen molar-refractivity contribution in [2.75, 3.05) is 38.3 Å². The van der Waals surface area contributed by atoms with Gasteiger partial charge in [-0.3, -0.25) is 4.79 Å². The predicted octanol–water partition coefficient (Wildman–Crippen LogP) is 3.25. The molecule has 26 heavy (non-hydrogen) atoms. The summed E-state index contributed by atoms with van der Waals surface area (Å²) < 4.78 is 18.6. The maximum atomic E-state index is 13.2. The molecule has 0 aliphatic carbocycles. The van der Waals surface area contributed by atoms with E-state index in [1.165, 1.54) is 17.8 Å². The second-order valence-corrected chi connectivity index (χ2v) is 6.65. The summed E-state index contributed by atoms with van der Waals surface area (Å²) in [6.45, 7) is 3.94. The van der Waals surface area contributed by atoms with E-state index in [4.69, 9.17) is 4.74 Å². The first kappa shape index (κ1) is 18.4. The smallest absolute Gasteiger partial charge is 0.222 e. The molecule has 0 unspecified atom stereocenters. The Kier molecular flexibility index (Phi) is 6.23. The number of amides is 1. The van der Waals surface area contributed by atoms with E-state index in [2.05, 4.69) is 29.2 Å². The largest absolute Gasteiger partial charge is 0.378 e. The number of aryl methyl sites for hydroxylation is 1. The van der Waals surface area contributed by atoms with E-state index in [0.717, 1.165) is 37.4 Å². The fourth-order valence-corrected chi connectivity index (χ4v) is 3.13. The van der Waals surface area contributed by atoms with Crippen LogP contribution in [0.1, 0.15) is 17.5 Å². The molecular weight excluding hydrogens is 331 g/mol. The number of carbonyl (C=O) groups excluding carboxylic acids is 1. The minimum absolute atomic E-state index is 0.0616. The van der Waals surface area contributed by atoms with Gasteiger partial charge in [-0.25, -0.2) is 4.39 Å². The zero-order valence-corrected chi connectivity index (χ0v) is 15.2. The Hall–Kier alpha value is -2.40. The Balaban J connectivity index is 1.50. The van der Waals surface area contributed by atoms with Crippen LogP contribution in [0.5, 0.6) is 0 Å². The van der Waals surface area contributed by atoms with Crippen molar-refractivity contribution in [3.05, 3.63) is 65.5 Å². The van der Waals surface area contributed by atoms with Gasteiger partial charge in [0.25, 0.3) is 0 Å². The van der Waals surface area contributed by atoms with E-state index in [1.807, 2.05) is 13.1 Å². The fraction of sp³-hybridized carbons (Fsp3) is 0.381. The summed E-state index contributed by atoms with van der Waals surface area (Å²) in [4.78, 5) is 16.4. The molecule has 0 aromatic heterocycles. The van der Waals surface area contributed by atoms with Crippen molar-refractivity contribution in [3.8, 4) is 0 Å². The van der Waals surface area contributed by atoms with Gasteiger partial charge in [-0.2, -0.15) is 0 Å². The van der Waals surface area contributed by atoms with Gasteiger partial charge >= 0.3 is 0 Å². The van der Waals surface area contributed by atoms with E-state index in [1.54, 1.807) is 11.0 Å². The van der Waals surface area contributed by atoms with Crippen molar-refractivity contribution >= 4 is 11.6 Å². The normalized spacial score (nSPS) is 14.3. The summed E-state index contributed by atoms with van der Waals surface area (Å²) in [6, 6.07) is 14.8. The lowest BCUT2D eigenvalue weighted by Gasteiger charge is -2.29. The van der Waals surface area contributed by atoms with Gasteiger partial charge < -0.3 is 14.5 Å². The standard InChI is InChI=1S/C21H25FN2O2/c1-23(21(25)10-7-17-3-2-4-19(22)15-17)16-18-5-8-20(9-6-18)24-11-13-26-14-12-24/h2-6,8-9,15H,7,10-14,16H2,1H3. The highest BCUT2D eigenvalue weighted by Crippen LogP contribution is 2.17. The fourth-order valence-electron chi connectivity index (χ4n) is 3.13. The van der Waals surface area contributed by atoms with Crippen molar-refractivity contribution in [1.82, 2.24) is 4.90 Å². The van der Waals surface area contributed by atoms with Gasteiger partial charge in [-0.05, 0) is 41.8 Å². The molecule has 0 radical (unpaired) electrons. The number of rotatable bonds is 6. The third kappa shape index (κ3) is 5.05. The van der Waals surface area contributed by atoms with Crippen LogP contribution in [0.25, 0.3) is 0 Å². The Labute approximate surface area is 154 Å². The number of benzene rings is 2. The number of hydrogen-bond acceptors (Lipinski definition) is 3. The van der Waals surface area contributed by atoms with Crippen molar-refractivity contribution in [3.63, 3.8) is 0 Å². The monoisotopic (exact) mass is 356 g/mol. The highest BCUT2D eigenvalue weighted by atomic mass is 19.1. The second-order valence-electron chi connectivity index (χ2n) is 6.65. The highest BCUT2D eigenvalue weighted by Gasteiger charge is 2.12. The van der Waals surface area contributed by atoms with Crippen molar-refractivity contribution in [2.24, 2.45) is 0 Å². The summed E-state index contributed by atoms with van der Waals surface area (Å²) in [5, 5.41) is 0. The first-order chi connectivity index (χ1) is 12.6. The quantitative estimate of drug-likeness (QED) is 0.796. The van der Waals surface area contributed by atoms with Crippen LogP contribution >= 0.6 is 0 Å². The Morgan fingerprint density at radius 3 is 2.54 bits per heavy atom. The maximum Gasteiger partial charge on any atom is 0.222 e. The molecule has 2 aromatic rings. The third-order valence-electron chi connectivity index (χ3n) is 4.67. The van der Waals surface area contributed by atoms with Gasteiger partial charge in [0.15, 0.2) is 0 Å². The van der Waals surface area contributed by atoms with Crippen LogP contribution in [0.15, 0.2) is 48.5 Å². The Morgan fingerprint density at radius 2 is 1.85 bits per heavy atom. The molecule has 1 saturated heterocycles. The number of morpholine rings is 1. The molecule has 4 nitrogen and oxygen atoms in total. The lowest BCUT2D eigenvalue weighted by Crippen LogP contribution is -2.36. The zero-order valence-electron chi connectivity index (χ0n) is 15.2. The minimum atomic E-state index is -0.260. The SMILES string of the molecule is CN(Cc1ccc(N2CCOCC2)cc1)C(=O)CCc1cccc(F)c1. The first-order valence-corrected chi connectivity index (χ1v) is 9.02. The average Bonchev–Trinajstić information content (AvgIpc) is 2.67. The summed E-state index contributed by atoms with van der Waals surface area (Å²) in [7, 11) is 1.81. The minimum Gasteiger partial charge on any atom is -0.378 e. The molecule has 0 N–H and O–H groups in total. The number of hydrogen-bond donors (Lipinski definition) is 0. The molecule has 2 aromatic carbocycles. The van der Waals surface area contributed by atoms with Crippen molar-refractivity contribution in [1.29, 1.82) is 0 Å². The number of nitrogens with zero attached hydrogens (tertiary/aromatic N) is 2. The summed E-state index contributed by atoms with van der Waals surface area (Å²) in [6.07, 6.45) is 0.933. The molecule has 0 atom stereocenters. The van der Waals surface area contributed by atoms with Crippen molar-refractivity contribution in [2.45, 2.75) is 19.4 Å². The number of halogens is 1. The molecule has 5 heteroatoms. The summed E-state index contributed by atoms with van der Waals surface area (Å²) in [5.74, 6) is -0.199. The number of carbonyl (C=O) groups is 1. The van der Waals surface area contributed by atoms with Gasteiger partial charge in [0, 0.05) is 38.8 Å². The van der Waals surface area contributed by atoms with Crippen LogP contribution in [0.2, 0.25) is 0 Å². The molecule has 1 amide bonds. The van der Waals surface area contributed by atoms with Crippen LogP contribution in [-0.4, -0.2) is 44.2 Å². The Morgan fingerprint density at radius 1 is 1.12 bits per heavy atom. The topological polar surface area (TPSA) is 32.8 Å². The van der Waals surface area contributed by atoms with Crippen LogP contribution in [0.4, 0.5) is 10.1 Å². The molecule has 1 fully saturated rings. The Bertz CT molecular complexity index is 727. The third-order valence-corrected chi connectivity index (χ3v) is 4.67. The summed E-state index contributed by atoms with van der Waals surface area (Å²) >= 11 is 0. The maximum absolute atomic E-state index is 13.2. The van der Waals surface area contributed by atoms with Gasteiger partial charge in [-0.1, -0.05) is 24.3 Å². The van der Waals surface area contributed by atoms with Gasteiger partial charge in [0.1, 0.15) is 5.82 Å². The first-order valence-electron chi connectivity index (χ1n) is 9.02. The molecule has 0 saturated carbocycles.